The van der Waals surface area contributed by atoms with Gasteiger partial charge in [0, 0.05) is 14.9 Å². The number of rotatable bonds is 0. The van der Waals surface area contributed by atoms with Crippen molar-refractivity contribution in [3.8, 4) is 35.4 Å². The van der Waals surface area contributed by atoms with Crippen molar-refractivity contribution in [2.75, 3.05) is 0 Å². The highest BCUT2D eigenvalue weighted by molar-refractivity contribution is 9.10. The van der Waals surface area contributed by atoms with Gasteiger partial charge in [0.05, 0.1) is 0 Å². The van der Waals surface area contributed by atoms with Crippen molar-refractivity contribution >= 4 is 27.1 Å². The van der Waals surface area contributed by atoms with Crippen LogP contribution in [-0.4, -0.2) is 0 Å². The summed E-state index contributed by atoms with van der Waals surface area (Å²) in [6.45, 7) is 0. The Morgan fingerprint density at radius 1 is 0.810 bits per heavy atom. The Morgan fingerprint density at radius 3 is 2.00 bits per heavy atom. The minimum absolute atomic E-state index is 0.00641. The summed E-state index contributed by atoms with van der Waals surface area (Å²) in [5.74, 6) is 0. The maximum absolute atomic E-state index is 9.01. The normalized spacial score (nSPS) is 9.00. The van der Waals surface area contributed by atoms with Gasteiger partial charge in [-0.2, -0.15) is 21.0 Å². The van der Waals surface area contributed by atoms with Crippen LogP contribution >= 0.6 is 15.9 Å². The molecule has 0 fully saturated rings. The number of hydrogen-bond acceptors (Lipinski definition) is 4. The summed E-state index contributed by atoms with van der Waals surface area (Å²) in [4.78, 5) is 0. The fourth-order valence-corrected chi connectivity index (χ4v) is 2.55. The predicted octanol–water partition coefficient (Wildman–Crippen LogP) is 1.95. The highest BCUT2D eigenvalue weighted by atomic mass is 79.9. The summed E-state index contributed by atoms with van der Waals surface area (Å²) in [6, 6.07) is 15.9. The van der Waals surface area contributed by atoms with Crippen molar-refractivity contribution in [3.05, 3.63) is 45.2 Å². The second-order valence-electron chi connectivity index (χ2n) is 4.06. The number of fused-ring (bicyclic) bond motifs is 1. The molecule has 4 nitrogen and oxygen atoms in total. The molecule has 2 rings (SSSR count). The van der Waals surface area contributed by atoms with Crippen molar-refractivity contribution in [2.24, 2.45) is 0 Å². The molecular formula is C16H5BrN4. The number of nitrogens with zero attached hydrogens (tertiary/aromatic N) is 4. The molecule has 0 aromatic carbocycles. The van der Waals surface area contributed by atoms with Gasteiger partial charge < -0.3 is 0 Å². The lowest BCUT2D eigenvalue weighted by Crippen LogP contribution is -2.03. The van der Waals surface area contributed by atoms with E-state index in [0.717, 1.165) is 5.56 Å². The third-order valence-corrected chi connectivity index (χ3v) is 3.61. The fourth-order valence-electron chi connectivity index (χ4n) is 2.00. The number of hydrogen-bond donors (Lipinski definition) is 0. The minimum Gasteiger partial charge on any atom is -0.192 e. The topological polar surface area (TPSA) is 95.2 Å². The van der Waals surface area contributed by atoms with E-state index in [0.29, 0.717) is 20.5 Å². The molecule has 0 spiro atoms. The van der Waals surface area contributed by atoms with Gasteiger partial charge >= 0.3 is 0 Å². The molecule has 0 saturated heterocycles. The van der Waals surface area contributed by atoms with Crippen LogP contribution in [0.15, 0.2) is 34.8 Å². The van der Waals surface area contributed by atoms with Crippen LogP contribution < -0.4 is 10.4 Å². The van der Waals surface area contributed by atoms with Gasteiger partial charge in [-0.3, -0.25) is 0 Å². The van der Waals surface area contributed by atoms with Crippen molar-refractivity contribution in [3.63, 3.8) is 0 Å². The van der Waals surface area contributed by atoms with Crippen LogP contribution in [-0.2, 0) is 0 Å². The van der Waals surface area contributed by atoms with Gasteiger partial charge in [0.25, 0.3) is 0 Å². The highest BCUT2D eigenvalue weighted by Gasteiger charge is 2.12. The molecule has 0 atom stereocenters. The molecule has 0 amide bonds. The number of nitriles is 4. The first-order valence-electron chi connectivity index (χ1n) is 5.73. The van der Waals surface area contributed by atoms with E-state index in [-0.39, 0.29) is 11.1 Å². The van der Waals surface area contributed by atoms with E-state index < -0.39 is 0 Å². The molecule has 96 valence electrons. The lowest BCUT2D eigenvalue weighted by molar-refractivity contribution is 1.50. The van der Waals surface area contributed by atoms with E-state index in [1.807, 2.05) is 24.3 Å². The van der Waals surface area contributed by atoms with Crippen LogP contribution in [0.1, 0.15) is 0 Å². The molecule has 21 heavy (non-hydrogen) atoms. The van der Waals surface area contributed by atoms with Crippen molar-refractivity contribution in [1.29, 1.82) is 21.0 Å². The van der Waals surface area contributed by atoms with E-state index in [1.54, 1.807) is 30.3 Å². The Hall–Kier alpha value is -3.12. The van der Waals surface area contributed by atoms with Gasteiger partial charge in [0.15, 0.2) is 0 Å². The molecule has 0 aromatic rings. The van der Waals surface area contributed by atoms with E-state index in [9.17, 15) is 0 Å². The van der Waals surface area contributed by atoms with Gasteiger partial charge in [0.1, 0.15) is 35.4 Å². The third-order valence-electron chi connectivity index (χ3n) is 2.95. The number of halogens is 1. The lowest BCUT2D eigenvalue weighted by Gasteiger charge is -1.93. The summed E-state index contributed by atoms with van der Waals surface area (Å²) in [7, 11) is 0. The quantitative estimate of drug-likeness (QED) is 0.736. The maximum Gasteiger partial charge on any atom is 0.137 e. The molecule has 0 unspecified atom stereocenters. The van der Waals surface area contributed by atoms with Crippen LogP contribution in [0.25, 0.3) is 22.3 Å². The van der Waals surface area contributed by atoms with Crippen LogP contribution in [0.3, 0.4) is 0 Å². The standard InChI is InChI=1S/C16H5BrN4/c17-16-5-14(12(8-20)9-21)13-3-1-2-10(4-15(13)16)11(6-18)7-19/h1-5H. The monoisotopic (exact) mass is 332 g/mol. The highest BCUT2D eigenvalue weighted by Crippen LogP contribution is 2.27. The third kappa shape index (κ3) is 2.47. The minimum atomic E-state index is 0.00641. The first-order valence-corrected chi connectivity index (χ1v) is 6.53. The van der Waals surface area contributed by atoms with Crippen molar-refractivity contribution < 1.29 is 0 Å². The molecule has 2 aliphatic carbocycles. The Morgan fingerprint density at radius 2 is 1.43 bits per heavy atom. The Labute approximate surface area is 129 Å². The van der Waals surface area contributed by atoms with Crippen LogP contribution in [0.4, 0.5) is 0 Å². The zero-order valence-corrected chi connectivity index (χ0v) is 12.1. The molecule has 0 N–H and O–H groups in total. The molecule has 5 heteroatoms. The summed E-state index contributed by atoms with van der Waals surface area (Å²) < 4.78 is 0.697. The maximum atomic E-state index is 9.01. The molecule has 0 heterocycles. The van der Waals surface area contributed by atoms with Crippen LogP contribution in [0.5, 0.6) is 0 Å². The summed E-state index contributed by atoms with van der Waals surface area (Å²) in [5.41, 5.74) is 1.47. The molecule has 0 aromatic heterocycles. The second kappa shape index (κ2) is 5.89. The summed E-state index contributed by atoms with van der Waals surface area (Å²) in [6.07, 6.45) is 0. The second-order valence-corrected chi connectivity index (χ2v) is 4.91. The van der Waals surface area contributed by atoms with Crippen LogP contribution in [0.2, 0.25) is 0 Å². The first kappa shape index (κ1) is 14.3. The molecule has 0 saturated carbocycles. The summed E-state index contributed by atoms with van der Waals surface area (Å²) >= 11 is 3.39. The lowest BCUT2D eigenvalue weighted by atomic mass is 10.1. The Kier molecular flexibility index (Phi) is 4.01. The van der Waals surface area contributed by atoms with Crippen molar-refractivity contribution in [1.82, 2.24) is 0 Å². The fraction of sp³-hybridized carbons (Fsp3) is 0. The van der Waals surface area contributed by atoms with E-state index in [1.165, 1.54) is 0 Å². The molecule has 0 radical (unpaired) electrons. The molecular weight excluding hydrogens is 328 g/mol. The smallest absolute Gasteiger partial charge is 0.137 e. The molecule has 0 aliphatic heterocycles. The Balaban J connectivity index is 3.00. The zero-order chi connectivity index (χ0) is 15.4. The molecule has 0 bridgehead atoms. The van der Waals surface area contributed by atoms with Gasteiger partial charge in [-0.15, -0.1) is 0 Å². The van der Waals surface area contributed by atoms with Gasteiger partial charge in [-0.05, 0) is 23.3 Å². The Bertz CT molecular complexity index is 959. The van der Waals surface area contributed by atoms with E-state index in [4.69, 9.17) is 21.0 Å². The van der Waals surface area contributed by atoms with Gasteiger partial charge in [-0.25, -0.2) is 0 Å². The SMILES string of the molecule is N#CC(C#N)=c1cccc2c(=C(C#N)C#N)cc(Br)c-2c1. The van der Waals surface area contributed by atoms with E-state index >= 15 is 0 Å². The zero-order valence-electron chi connectivity index (χ0n) is 10.6. The largest absolute Gasteiger partial charge is 0.192 e. The van der Waals surface area contributed by atoms with Crippen LogP contribution in [0, 0.1) is 45.3 Å². The average molecular weight is 333 g/mol. The van der Waals surface area contributed by atoms with Gasteiger partial charge in [0.2, 0.25) is 0 Å². The first-order chi connectivity index (χ1) is 10.2. The molecule has 2 aliphatic rings. The van der Waals surface area contributed by atoms with Gasteiger partial charge in [-0.1, -0.05) is 34.1 Å². The predicted molar refractivity (Wildman–Crippen MR) is 79.3 cm³/mol. The average Bonchev–Trinajstić information content (AvgIpc) is 2.67. The van der Waals surface area contributed by atoms with E-state index in [2.05, 4.69) is 15.9 Å². The summed E-state index contributed by atoms with van der Waals surface area (Å²) in [5, 5.41) is 37.0. The van der Waals surface area contributed by atoms with Crippen molar-refractivity contribution in [2.45, 2.75) is 0 Å².